The van der Waals surface area contributed by atoms with E-state index < -0.39 is 45.6 Å². The van der Waals surface area contributed by atoms with E-state index in [1.807, 2.05) is 0 Å². The van der Waals surface area contributed by atoms with Gasteiger partial charge in [-0.2, -0.15) is 17.5 Å². The molecule has 0 aliphatic carbocycles. The van der Waals surface area contributed by atoms with Gasteiger partial charge in [-0.25, -0.2) is 27.2 Å². The van der Waals surface area contributed by atoms with Crippen molar-refractivity contribution in [3.8, 4) is 11.1 Å². The number of nitrogens with one attached hydrogen (secondary N) is 1. The first kappa shape index (κ1) is 25.6. The molecular formula is C23H19F5N4O3S. The summed E-state index contributed by atoms with van der Waals surface area (Å²) in [5.74, 6) is -3.22. The molecule has 4 rings (SSSR count). The number of sulfonamides is 1. The smallest absolute Gasteiger partial charge is 0.351 e. The third kappa shape index (κ3) is 5.36. The number of hydrogen-bond donors (Lipinski definition) is 1. The van der Waals surface area contributed by atoms with Crippen molar-refractivity contribution in [3.63, 3.8) is 0 Å². The molecule has 2 aromatic carbocycles. The molecule has 0 saturated carbocycles. The summed E-state index contributed by atoms with van der Waals surface area (Å²) < 4.78 is 92.6. The Labute approximate surface area is 203 Å². The molecule has 1 amide bonds. The van der Waals surface area contributed by atoms with E-state index in [-0.39, 0.29) is 35.5 Å². The van der Waals surface area contributed by atoms with Gasteiger partial charge < -0.3 is 5.32 Å². The second kappa shape index (κ2) is 9.90. The maximum Gasteiger partial charge on any atom is 0.451 e. The average Bonchev–Trinajstić information content (AvgIpc) is 3.34. The number of amides is 1. The number of aromatic nitrogens is 2. The molecule has 7 nitrogen and oxygen atoms in total. The van der Waals surface area contributed by atoms with Crippen LogP contribution < -0.4 is 5.32 Å². The molecule has 1 fully saturated rings. The highest BCUT2D eigenvalue weighted by Gasteiger charge is 2.39. The fraction of sp³-hybridized carbons (Fsp3) is 0.261. The Morgan fingerprint density at radius 2 is 1.69 bits per heavy atom. The maximum absolute atomic E-state index is 14.4. The minimum absolute atomic E-state index is 0.0340. The first-order valence-corrected chi connectivity index (χ1v) is 12.1. The van der Waals surface area contributed by atoms with Crippen LogP contribution in [0.3, 0.4) is 0 Å². The van der Waals surface area contributed by atoms with Crippen molar-refractivity contribution in [1.82, 2.24) is 19.6 Å². The number of benzene rings is 2. The lowest BCUT2D eigenvalue weighted by Crippen LogP contribution is -2.45. The van der Waals surface area contributed by atoms with Gasteiger partial charge in [-0.1, -0.05) is 6.07 Å². The molecule has 0 spiro atoms. The summed E-state index contributed by atoms with van der Waals surface area (Å²) in [6.07, 6.45) is -2.10. The van der Waals surface area contributed by atoms with E-state index in [0.717, 1.165) is 47.0 Å². The number of rotatable bonds is 6. The molecule has 1 N–H and O–H groups in total. The van der Waals surface area contributed by atoms with Crippen molar-refractivity contribution in [3.05, 3.63) is 77.9 Å². The SMILES string of the molecule is O=C(NCc1cc(-c2cnc(C(F)(F)F)nc2)ccc1F)C1CCCN1S(=O)(=O)c1ccc(F)cc1. The van der Waals surface area contributed by atoms with Gasteiger partial charge in [-0.3, -0.25) is 4.79 Å². The number of alkyl halides is 3. The number of nitrogens with zero attached hydrogens (tertiary/aromatic N) is 3. The number of halogens is 5. The summed E-state index contributed by atoms with van der Waals surface area (Å²) >= 11 is 0. The second-order valence-corrected chi connectivity index (χ2v) is 9.94. The van der Waals surface area contributed by atoms with Crippen LogP contribution in [0.5, 0.6) is 0 Å². The van der Waals surface area contributed by atoms with Gasteiger partial charge in [0.15, 0.2) is 0 Å². The van der Waals surface area contributed by atoms with E-state index in [1.165, 1.54) is 12.1 Å². The number of hydrogen-bond acceptors (Lipinski definition) is 5. The molecule has 1 aliphatic rings. The molecule has 13 heteroatoms. The van der Waals surface area contributed by atoms with Gasteiger partial charge in [-0.15, -0.1) is 0 Å². The molecule has 1 atom stereocenters. The molecule has 2 heterocycles. The molecular weight excluding hydrogens is 507 g/mol. The molecule has 0 bridgehead atoms. The van der Waals surface area contributed by atoms with Gasteiger partial charge in [0.2, 0.25) is 21.8 Å². The predicted molar refractivity (Wildman–Crippen MR) is 118 cm³/mol. The van der Waals surface area contributed by atoms with Crippen LogP contribution in [0.2, 0.25) is 0 Å². The van der Waals surface area contributed by atoms with Gasteiger partial charge in [-0.05, 0) is 54.8 Å². The standard InChI is InChI=1S/C23H19F5N4O3S/c24-17-4-6-18(7-5-17)36(34,35)32-9-1-2-20(32)21(33)29-11-15-10-14(3-8-19(15)25)16-12-30-22(31-13-16)23(26,27)28/h3-8,10,12-13,20H,1-2,9,11H2,(H,29,33). The van der Waals surface area contributed by atoms with E-state index in [4.69, 9.17) is 0 Å². The van der Waals surface area contributed by atoms with Crippen LogP contribution in [-0.4, -0.2) is 41.2 Å². The van der Waals surface area contributed by atoms with Crippen molar-refractivity contribution in [2.75, 3.05) is 6.54 Å². The zero-order valence-electron chi connectivity index (χ0n) is 18.5. The molecule has 1 aromatic heterocycles. The minimum Gasteiger partial charge on any atom is -0.351 e. The third-order valence-electron chi connectivity index (χ3n) is 5.66. The minimum atomic E-state index is -4.70. The average molecular weight is 526 g/mol. The zero-order valence-corrected chi connectivity index (χ0v) is 19.3. The van der Waals surface area contributed by atoms with Crippen LogP contribution in [0.4, 0.5) is 22.0 Å². The van der Waals surface area contributed by atoms with Crippen molar-refractivity contribution in [2.24, 2.45) is 0 Å². The van der Waals surface area contributed by atoms with Crippen molar-refractivity contribution < 1.29 is 35.2 Å². The van der Waals surface area contributed by atoms with Crippen molar-refractivity contribution >= 4 is 15.9 Å². The van der Waals surface area contributed by atoms with Crippen LogP contribution in [0.1, 0.15) is 24.2 Å². The first-order valence-electron chi connectivity index (χ1n) is 10.7. The largest absolute Gasteiger partial charge is 0.451 e. The highest BCUT2D eigenvalue weighted by molar-refractivity contribution is 7.89. The third-order valence-corrected chi connectivity index (χ3v) is 7.59. The molecule has 36 heavy (non-hydrogen) atoms. The van der Waals surface area contributed by atoms with E-state index in [2.05, 4.69) is 15.3 Å². The fourth-order valence-corrected chi connectivity index (χ4v) is 5.50. The summed E-state index contributed by atoms with van der Waals surface area (Å²) in [6, 6.07) is 6.98. The fourth-order valence-electron chi connectivity index (χ4n) is 3.85. The Bertz CT molecular complexity index is 1360. The Balaban J connectivity index is 1.48. The lowest BCUT2D eigenvalue weighted by atomic mass is 10.1. The second-order valence-electron chi connectivity index (χ2n) is 8.04. The zero-order chi connectivity index (χ0) is 26.1. The van der Waals surface area contributed by atoms with Gasteiger partial charge in [0.25, 0.3) is 0 Å². The Morgan fingerprint density at radius 1 is 1.03 bits per heavy atom. The topological polar surface area (TPSA) is 92.3 Å². The quantitative estimate of drug-likeness (QED) is 0.492. The van der Waals surface area contributed by atoms with Gasteiger partial charge >= 0.3 is 6.18 Å². The van der Waals surface area contributed by atoms with E-state index in [9.17, 15) is 35.2 Å². The Kier molecular flexibility index (Phi) is 7.05. The van der Waals surface area contributed by atoms with Crippen LogP contribution in [0.15, 0.2) is 59.8 Å². The first-order chi connectivity index (χ1) is 17.0. The van der Waals surface area contributed by atoms with Crippen LogP contribution in [-0.2, 0) is 27.5 Å². The number of carbonyl (C=O) groups is 1. The summed E-state index contributed by atoms with van der Waals surface area (Å²) in [6.45, 7) is -0.198. The summed E-state index contributed by atoms with van der Waals surface area (Å²) in [5.41, 5.74) is 0.574. The summed E-state index contributed by atoms with van der Waals surface area (Å²) in [5, 5.41) is 2.53. The lowest BCUT2D eigenvalue weighted by Gasteiger charge is -2.23. The van der Waals surface area contributed by atoms with E-state index in [1.54, 1.807) is 0 Å². The van der Waals surface area contributed by atoms with Crippen LogP contribution in [0, 0.1) is 11.6 Å². The maximum atomic E-state index is 14.4. The van der Waals surface area contributed by atoms with Crippen molar-refractivity contribution in [2.45, 2.75) is 36.5 Å². The van der Waals surface area contributed by atoms with E-state index >= 15 is 0 Å². The van der Waals surface area contributed by atoms with Crippen LogP contribution >= 0.6 is 0 Å². The molecule has 190 valence electrons. The van der Waals surface area contributed by atoms with Gasteiger partial charge in [0, 0.05) is 36.6 Å². The molecule has 1 aliphatic heterocycles. The molecule has 3 aromatic rings. The monoisotopic (exact) mass is 526 g/mol. The Morgan fingerprint density at radius 3 is 2.33 bits per heavy atom. The predicted octanol–water partition coefficient (Wildman–Crippen LogP) is 3.91. The van der Waals surface area contributed by atoms with E-state index in [0.29, 0.717) is 12.0 Å². The summed E-state index contributed by atoms with van der Waals surface area (Å²) in [4.78, 5) is 19.2. The lowest BCUT2D eigenvalue weighted by molar-refractivity contribution is -0.145. The highest BCUT2D eigenvalue weighted by Crippen LogP contribution is 2.28. The molecule has 1 saturated heterocycles. The van der Waals surface area contributed by atoms with Gasteiger partial charge in [0.05, 0.1) is 4.90 Å². The molecule has 0 radical (unpaired) electrons. The highest BCUT2D eigenvalue weighted by atomic mass is 32.2. The molecule has 1 unspecified atom stereocenters. The Hall–Kier alpha value is -3.45. The van der Waals surface area contributed by atoms with Gasteiger partial charge in [0.1, 0.15) is 17.7 Å². The number of carbonyl (C=O) groups excluding carboxylic acids is 1. The normalized spacial score (nSPS) is 16.8. The van der Waals surface area contributed by atoms with Crippen LogP contribution in [0.25, 0.3) is 11.1 Å². The summed E-state index contributed by atoms with van der Waals surface area (Å²) in [7, 11) is -4.06. The van der Waals surface area contributed by atoms with Crippen molar-refractivity contribution in [1.29, 1.82) is 0 Å².